The topological polar surface area (TPSA) is 56.1 Å². The molecule has 0 saturated carbocycles. The van der Waals surface area contributed by atoms with E-state index in [1.807, 2.05) is 0 Å². The van der Waals surface area contributed by atoms with Crippen molar-refractivity contribution in [2.24, 2.45) is 0 Å². The number of aromatic nitrogens is 2. The van der Waals surface area contributed by atoms with Gasteiger partial charge in [-0.05, 0) is 36.4 Å². The third-order valence-electron chi connectivity index (χ3n) is 3.78. The third-order valence-corrected chi connectivity index (χ3v) is 4.36. The van der Waals surface area contributed by atoms with Crippen molar-refractivity contribution in [2.75, 3.05) is 12.4 Å². The first-order chi connectivity index (χ1) is 13.2. The predicted octanol–water partition coefficient (Wildman–Crippen LogP) is 5.46. The van der Waals surface area contributed by atoms with Gasteiger partial charge in [0.2, 0.25) is 0 Å². The maximum Gasteiger partial charge on any atom is 0.434 e. The van der Waals surface area contributed by atoms with Crippen LogP contribution in [0.2, 0.25) is 10.0 Å². The van der Waals surface area contributed by atoms with Gasteiger partial charge in [-0.3, -0.25) is 4.79 Å². The number of nitrogens with zero attached hydrogens (tertiary/aromatic N) is 2. The molecule has 0 radical (unpaired) electrons. The second kappa shape index (κ2) is 7.73. The number of carbonyl (C=O) groups excluding carboxylic acids is 1. The monoisotopic (exact) mass is 429 g/mol. The first-order valence-electron chi connectivity index (χ1n) is 7.76. The van der Waals surface area contributed by atoms with E-state index >= 15 is 0 Å². The van der Waals surface area contributed by atoms with Crippen LogP contribution in [-0.2, 0) is 6.18 Å². The molecule has 0 spiro atoms. The van der Waals surface area contributed by atoms with Crippen molar-refractivity contribution in [1.29, 1.82) is 0 Å². The van der Waals surface area contributed by atoms with Crippen molar-refractivity contribution in [3.05, 3.63) is 70.0 Å². The number of hydrogen-bond acceptors (Lipinski definition) is 3. The Morgan fingerprint density at radius 1 is 1.14 bits per heavy atom. The summed E-state index contributed by atoms with van der Waals surface area (Å²) < 4.78 is 46.7. The molecule has 1 heterocycles. The first-order valence-corrected chi connectivity index (χ1v) is 8.52. The van der Waals surface area contributed by atoms with Crippen molar-refractivity contribution >= 4 is 34.8 Å². The molecule has 0 saturated heterocycles. The Bertz CT molecular complexity index is 1020. The second-order valence-corrected chi connectivity index (χ2v) is 6.44. The predicted molar refractivity (Wildman–Crippen MR) is 99.5 cm³/mol. The lowest BCUT2D eigenvalue weighted by atomic mass is 10.2. The van der Waals surface area contributed by atoms with Gasteiger partial charge in [0.1, 0.15) is 5.75 Å². The fourth-order valence-electron chi connectivity index (χ4n) is 2.48. The number of alkyl halides is 3. The highest BCUT2D eigenvalue weighted by atomic mass is 35.5. The standard InChI is InChI=1S/C18H12Cl2F3N3O2/c1-28-12-6-7-14(20)15(8-12)25-17(27)13-9-24-26(16(13)18(21,22)23)11-4-2-10(19)3-5-11/h2-9H,1H3,(H,25,27). The molecule has 3 aromatic rings. The van der Waals surface area contributed by atoms with Gasteiger partial charge in [-0.2, -0.15) is 18.3 Å². The molecule has 1 aromatic heterocycles. The lowest BCUT2D eigenvalue weighted by molar-refractivity contribution is -0.143. The number of halogens is 5. The number of hydrogen-bond donors (Lipinski definition) is 1. The van der Waals surface area contributed by atoms with Gasteiger partial charge in [0.05, 0.1) is 35.3 Å². The van der Waals surface area contributed by atoms with E-state index in [9.17, 15) is 18.0 Å². The smallest absolute Gasteiger partial charge is 0.434 e. The number of amides is 1. The molecule has 10 heteroatoms. The van der Waals surface area contributed by atoms with Gasteiger partial charge in [-0.25, -0.2) is 4.68 Å². The lowest BCUT2D eigenvalue weighted by Gasteiger charge is -2.13. The fourth-order valence-corrected chi connectivity index (χ4v) is 2.77. The average Bonchev–Trinajstić information content (AvgIpc) is 3.10. The summed E-state index contributed by atoms with van der Waals surface area (Å²) in [5.41, 5.74) is -1.65. The van der Waals surface area contributed by atoms with Crippen LogP contribution in [0.1, 0.15) is 16.1 Å². The van der Waals surface area contributed by atoms with Gasteiger partial charge >= 0.3 is 6.18 Å². The van der Waals surface area contributed by atoms with Crippen molar-refractivity contribution in [1.82, 2.24) is 9.78 Å². The van der Waals surface area contributed by atoms with Gasteiger partial charge in [0.15, 0.2) is 5.69 Å². The minimum atomic E-state index is -4.83. The molecule has 0 aliphatic rings. The Morgan fingerprint density at radius 3 is 2.43 bits per heavy atom. The Kier molecular flexibility index (Phi) is 5.53. The normalized spacial score (nSPS) is 11.4. The van der Waals surface area contributed by atoms with E-state index < -0.39 is 23.3 Å². The molecule has 0 aliphatic heterocycles. The van der Waals surface area contributed by atoms with Crippen LogP contribution in [0.3, 0.4) is 0 Å². The summed E-state index contributed by atoms with van der Waals surface area (Å²) in [6.07, 6.45) is -3.98. The molecule has 146 valence electrons. The zero-order valence-electron chi connectivity index (χ0n) is 14.2. The highest BCUT2D eigenvalue weighted by Gasteiger charge is 2.40. The number of rotatable bonds is 4. The van der Waals surface area contributed by atoms with Gasteiger partial charge < -0.3 is 10.1 Å². The van der Waals surface area contributed by atoms with Gasteiger partial charge in [0.25, 0.3) is 5.91 Å². The molecule has 1 N–H and O–H groups in total. The van der Waals surface area contributed by atoms with Crippen molar-refractivity contribution < 1.29 is 22.7 Å². The summed E-state index contributed by atoms with van der Waals surface area (Å²) in [6, 6.07) is 9.99. The quantitative estimate of drug-likeness (QED) is 0.598. The highest BCUT2D eigenvalue weighted by molar-refractivity contribution is 6.34. The SMILES string of the molecule is COc1ccc(Cl)c(NC(=O)c2cnn(-c3ccc(Cl)cc3)c2C(F)(F)F)c1. The molecular formula is C18H12Cl2F3N3O2. The molecule has 0 atom stereocenters. The largest absolute Gasteiger partial charge is 0.497 e. The molecule has 28 heavy (non-hydrogen) atoms. The maximum absolute atomic E-state index is 13.7. The number of carbonyl (C=O) groups is 1. The van der Waals surface area contributed by atoms with Crippen LogP contribution in [0.15, 0.2) is 48.7 Å². The number of benzene rings is 2. The molecule has 0 unspecified atom stereocenters. The second-order valence-electron chi connectivity index (χ2n) is 5.59. The molecule has 1 amide bonds. The molecular weight excluding hydrogens is 418 g/mol. The van der Waals surface area contributed by atoms with Crippen LogP contribution in [0.25, 0.3) is 5.69 Å². The third kappa shape index (κ3) is 4.07. The zero-order chi connectivity index (χ0) is 20.5. The summed E-state index contributed by atoms with van der Waals surface area (Å²) in [5, 5.41) is 6.60. The number of anilines is 1. The van der Waals surface area contributed by atoms with Crippen molar-refractivity contribution in [2.45, 2.75) is 6.18 Å². The van der Waals surface area contributed by atoms with E-state index in [0.29, 0.717) is 15.5 Å². The van der Waals surface area contributed by atoms with Crippen LogP contribution in [-0.4, -0.2) is 22.8 Å². The van der Waals surface area contributed by atoms with Crippen molar-refractivity contribution in [3.63, 3.8) is 0 Å². The number of methoxy groups -OCH3 is 1. The molecule has 0 aliphatic carbocycles. The molecule has 2 aromatic carbocycles. The van der Waals surface area contributed by atoms with E-state index in [1.165, 1.54) is 43.5 Å². The summed E-state index contributed by atoms with van der Waals surface area (Å²) in [6.45, 7) is 0. The van der Waals surface area contributed by atoms with Gasteiger partial charge in [-0.1, -0.05) is 23.2 Å². The summed E-state index contributed by atoms with van der Waals surface area (Å²) in [5.74, 6) is -0.629. The molecule has 0 fully saturated rings. The Balaban J connectivity index is 2.02. The molecule has 3 rings (SSSR count). The fraction of sp³-hybridized carbons (Fsp3) is 0.111. The van der Waals surface area contributed by atoms with E-state index in [-0.39, 0.29) is 16.4 Å². The van der Waals surface area contributed by atoms with Crippen LogP contribution in [0, 0.1) is 0 Å². The van der Waals surface area contributed by atoms with E-state index in [4.69, 9.17) is 27.9 Å². The summed E-state index contributed by atoms with van der Waals surface area (Å²) in [7, 11) is 1.41. The number of ether oxygens (including phenoxy) is 1. The van der Waals surface area contributed by atoms with E-state index in [1.54, 1.807) is 6.07 Å². The Hall–Kier alpha value is -2.71. The summed E-state index contributed by atoms with van der Waals surface area (Å²) >= 11 is 11.8. The molecule has 5 nitrogen and oxygen atoms in total. The Labute approximate surface area is 167 Å². The van der Waals surface area contributed by atoms with Crippen LogP contribution >= 0.6 is 23.2 Å². The highest BCUT2D eigenvalue weighted by Crippen LogP contribution is 2.35. The zero-order valence-corrected chi connectivity index (χ0v) is 15.7. The van der Waals surface area contributed by atoms with Gasteiger partial charge in [-0.15, -0.1) is 0 Å². The van der Waals surface area contributed by atoms with E-state index in [0.717, 1.165) is 6.20 Å². The molecule has 0 bridgehead atoms. The minimum Gasteiger partial charge on any atom is -0.497 e. The minimum absolute atomic E-state index is 0.107. The van der Waals surface area contributed by atoms with Crippen LogP contribution in [0.5, 0.6) is 5.75 Å². The lowest BCUT2D eigenvalue weighted by Crippen LogP contribution is -2.20. The van der Waals surface area contributed by atoms with Crippen LogP contribution in [0.4, 0.5) is 18.9 Å². The van der Waals surface area contributed by atoms with Crippen molar-refractivity contribution in [3.8, 4) is 11.4 Å². The van der Waals surface area contributed by atoms with Gasteiger partial charge in [0, 0.05) is 11.1 Å². The van der Waals surface area contributed by atoms with Crippen LogP contribution < -0.4 is 10.1 Å². The maximum atomic E-state index is 13.7. The Morgan fingerprint density at radius 2 is 1.82 bits per heavy atom. The van der Waals surface area contributed by atoms with E-state index in [2.05, 4.69) is 10.4 Å². The number of nitrogens with one attached hydrogen (secondary N) is 1. The average molecular weight is 430 g/mol. The summed E-state index contributed by atoms with van der Waals surface area (Å²) in [4.78, 5) is 12.5. The first kappa shape index (κ1) is 20.0.